The molecule has 0 saturated heterocycles. The molecule has 0 atom stereocenters. The monoisotopic (exact) mass is 300 g/mol. The lowest BCUT2D eigenvalue weighted by atomic mass is 10.0. The van der Waals surface area contributed by atoms with Gasteiger partial charge >= 0.3 is 5.97 Å². The van der Waals surface area contributed by atoms with E-state index < -0.39 is 11.8 Å². The lowest BCUT2D eigenvalue weighted by Gasteiger charge is -2.02. The Morgan fingerprint density at radius 2 is 2.19 bits per heavy atom. The van der Waals surface area contributed by atoms with Crippen LogP contribution in [0.15, 0.2) is 12.1 Å². The number of rotatable bonds is 2. The fourth-order valence-corrected chi connectivity index (χ4v) is 2.68. The Morgan fingerprint density at radius 3 is 2.71 bits per heavy atom. The summed E-state index contributed by atoms with van der Waals surface area (Å²) in [5, 5.41) is 18.5. The molecule has 2 rings (SSSR count). The van der Waals surface area contributed by atoms with Crippen molar-refractivity contribution in [3.8, 4) is 28.5 Å². The fourth-order valence-electron chi connectivity index (χ4n) is 1.79. The highest BCUT2D eigenvalue weighted by atomic mass is 32.1. The third-order valence-corrected chi connectivity index (χ3v) is 3.89. The van der Waals surface area contributed by atoms with Crippen LogP contribution in [0.2, 0.25) is 0 Å². The van der Waals surface area contributed by atoms with Gasteiger partial charge in [0.2, 0.25) is 0 Å². The number of thiazole rings is 1. The van der Waals surface area contributed by atoms with Gasteiger partial charge < -0.3 is 5.11 Å². The Bertz CT molecular complexity index is 838. The molecule has 6 heteroatoms. The van der Waals surface area contributed by atoms with E-state index in [2.05, 4.69) is 16.8 Å². The average molecular weight is 300 g/mol. The summed E-state index contributed by atoms with van der Waals surface area (Å²) in [5.41, 5.74) is 0.865. The van der Waals surface area contributed by atoms with Crippen LogP contribution in [0.3, 0.4) is 0 Å². The van der Waals surface area contributed by atoms with Gasteiger partial charge in [-0.1, -0.05) is 5.92 Å². The number of hydrogen-bond acceptors (Lipinski definition) is 4. The van der Waals surface area contributed by atoms with Gasteiger partial charge in [0, 0.05) is 5.56 Å². The first-order valence-electron chi connectivity index (χ1n) is 5.85. The lowest BCUT2D eigenvalue weighted by Crippen LogP contribution is -1.94. The highest BCUT2D eigenvalue weighted by Gasteiger charge is 2.17. The Kier molecular flexibility index (Phi) is 4.02. The zero-order chi connectivity index (χ0) is 15.6. The number of hydrogen-bond donors (Lipinski definition) is 1. The van der Waals surface area contributed by atoms with E-state index in [0.717, 1.165) is 11.3 Å². The van der Waals surface area contributed by atoms with E-state index in [0.29, 0.717) is 16.3 Å². The van der Waals surface area contributed by atoms with Gasteiger partial charge in [0.05, 0.1) is 16.8 Å². The molecule has 0 aliphatic heterocycles. The predicted octanol–water partition coefficient (Wildman–Crippen LogP) is 3.20. The first kappa shape index (κ1) is 14.7. The molecule has 2 aromatic rings. The molecule has 1 aromatic heterocycles. The summed E-state index contributed by atoms with van der Waals surface area (Å²) >= 11 is 0.945. The minimum absolute atomic E-state index is 0.0375. The van der Waals surface area contributed by atoms with Crippen LogP contribution in [0, 0.1) is 35.9 Å². The van der Waals surface area contributed by atoms with Gasteiger partial charge in [-0.25, -0.2) is 14.2 Å². The maximum absolute atomic E-state index is 14.0. The average Bonchev–Trinajstić information content (AvgIpc) is 2.83. The van der Waals surface area contributed by atoms with E-state index in [1.807, 2.05) is 6.07 Å². The van der Waals surface area contributed by atoms with Crippen LogP contribution in [0.1, 0.15) is 33.4 Å². The van der Waals surface area contributed by atoms with Crippen LogP contribution in [0.25, 0.3) is 10.6 Å². The van der Waals surface area contributed by atoms with E-state index in [1.165, 1.54) is 12.1 Å². The van der Waals surface area contributed by atoms with E-state index in [-0.39, 0.29) is 16.0 Å². The largest absolute Gasteiger partial charge is 0.477 e. The molecular weight excluding hydrogens is 291 g/mol. The number of aromatic carboxylic acids is 1. The molecule has 1 N–H and O–H groups in total. The zero-order valence-corrected chi connectivity index (χ0v) is 12.0. The molecule has 0 spiro atoms. The van der Waals surface area contributed by atoms with Crippen molar-refractivity contribution in [2.24, 2.45) is 0 Å². The van der Waals surface area contributed by atoms with Gasteiger partial charge in [-0.05, 0) is 26.0 Å². The molecule has 0 bridgehead atoms. The molecule has 0 aliphatic carbocycles. The van der Waals surface area contributed by atoms with E-state index in [4.69, 9.17) is 10.4 Å². The number of carbonyl (C=O) groups is 1. The molecule has 21 heavy (non-hydrogen) atoms. The molecule has 0 saturated carbocycles. The van der Waals surface area contributed by atoms with Crippen LogP contribution < -0.4 is 0 Å². The van der Waals surface area contributed by atoms with Crippen molar-refractivity contribution in [1.29, 1.82) is 5.26 Å². The number of benzene rings is 1. The number of carboxylic acid groups (broad SMARTS) is 1. The van der Waals surface area contributed by atoms with Gasteiger partial charge in [0.25, 0.3) is 0 Å². The van der Waals surface area contributed by atoms with Crippen molar-refractivity contribution in [1.82, 2.24) is 4.98 Å². The summed E-state index contributed by atoms with van der Waals surface area (Å²) in [6, 6.07) is 4.57. The lowest BCUT2D eigenvalue weighted by molar-refractivity contribution is 0.0701. The number of carboxylic acids is 1. The maximum Gasteiger partial charge on any atom is 0.347 e. The summed E-state index contributed by atoms with van der Waals surface area (Å²) in [6.45, 7) is 3.12. The molecular formula is C15H9FN2O2S. The molecule has 0 unspecified atom stereocenters. The summed E-state index contributed by atoms with van der Waals surface area (Å²) in [5.74, 6) is 3.41. The van der Waals surface area contributed by atoms with E-state index in [9.17, 15) is 9.18 Å². The molecule has 1 aromatic carbocycles. The minimum Gasteiger partial charge on any atom is -0.477 e. The first-order valence-corrected chi connectivity index (χ1v) is 6.67. The Balaban J connectivity index is 2.63. The molecule has 0 fully saturated rings. The summed E-state index contributed by atoms with van der Waals surface area (Å²) in [4.78, 5) is 15.2. The van der Waals surface area contributed by atoms with Crippen LogP contribution in [0.4, 0.5) is 4.39 Å². The van der Waals surface area contributed by atoms with Crippen LogP contribution in [0.5, 0.6) is 0 Å². The van der Waals surface area contributed by atoms with Crippen molar-refractivity contribution in [2.45, 2.75) is 13.8 Å². The number of nitrogens with zero attached hydrogens (tertiary/aromatic N) is 2. The Labute approximate surface area is 124 Å². The molecule has 104 valence electrons. The maximum atomic E-state index is 14.0. The topological polar surface area (TPSA) is 74.0 Å². The molecule has 1 heterocycles. The summed E-state index contributed by atoms with van der Waals surface area (Å²) in [7, 11) is 0. The predicted molar refractivity (Wildman–Crippen MR) is 76.5 cm³/mol. The molecule has 4 nitrogen and oxygen atoms in total. The summed E-state index contributed by atoms with van der Waals surface area (Å²) < 4.78 is 14.0. The third-order valence-electron chi connectivity index (χ3n) is 2.70. The van der Waals surface area contributed by atoms with Crippen LogP contribution >= 0.6 is 11.3 Å². The number of halogens is 1. The normalized spacial score (nSPS) is 9.62. The van der Waals surface area contributed by atoms with Crippen LogP contribution in [-0.2, 0) is 0 Å². The number of nitriles is 1. The van der Waals surface area contributed by atoms with Crippen molar-refractivity contribution < 1.29 is 14.3 Å². The Hall–Kier alpha value is -2.70. The quantitative estimate of drug-likeness (QED) is 0.864. The fraction of sp³-hybridized carbons (Fsp3) is 0.133. The standard InChI is InChI=1S/C15H9FN2O2S/c1-3-4-11-10(7-17)5-9(6-12(11)16)14-18-8(2)13(21-14)15(19)20/h5-6H,1-2H3,(H,19,20). The number of aryl methyl sites for hydroxylation is 1. The highest BCUT2D eigenvalue weighted by Crippen LogP contribution is 2.30. The number of aromatic nitrogens is 1. The molecule has 0 radical (unpaired) electrons. The van der Waals surface area contributed by atoms with Gasteiger partial charge in [-0.3, -0.25) is 0 Å². The first-order chi connectivity index (χ1) is 9.97. The van der Waals surface area contributed by atoms with Crippen molar-refractivity contribution in [2.75, 3.05) is 0 Å². The molecule has 0 aliphatic rings. The minimum atomic E-state index is -1.08. The van der Waals surface area contributed by atoms with Gasteiger partial charge in [0.1, 0.15) is 21.8 Å². The SMILES string of the molecule is CC#Cc1c(F)cc(-c2nc(C)c(C(=O)O)s2)cc1C#N. The Morgan fingerprint density at radius 1 is 1.48 bits per heavy atom. The zero-order valence-electron chi connectivity index (χ0n) is 11.2. The highest BCUT2D eigenvalue weighted by molar-refractivity contribution is 7.17. The van der Waals surface area contributed by atoms with Crippen molar-refractivity contribution in [3.63, 3.8) is 0 Å². The van der Waals surface area contributed by atoms with Gasteiger partial charge in [-0.2, -0.15) is 5.26 Å². The van der Waals surface area contributed by atoms with Crippen molar-refractivity contribution in [3.05, 3.63) is 39.6 Å². The van der Waals surface area contributed by atoms with E-state index in [1.54, 1.807) is 13.8 Å². The smallest absolute Gasteiger partial charge is 0.347 e. The molecule has 0 amide bonds. The van der Waals surface area contributed by atoms with Crippen molar-refractivity contribution >= 4 is 17.3 Å². The van der Waals surface area contributed by atoms with E-state index >= 15 is 0 Å². The second kappa shape index (κ2) is 5.74. The van der Waals surface area contributed by atoms with Crippen LogP contribution in [-0.4, -0.2) is 16.1 Å². The third kappa shape index (κ3) is 2.76. The van der Waals surface area contributed by atoms with Gasteiger partial charge in [0.15, 0.2) is 0 Å². The van der Waals surface area contributed by atoms with Gasteiger partial charge in [-0.15, -0.1) is 17.3 Å². The summed E-state index contributed by atoms with van der Waals surface area (Å²) in [6.07, 6.45) is 0. The second-order valence-electron chi connectivity index (χ2n) is 4.11. The second-order valence-corrected chi connectivity index (χ2v) is 5.11.